The molecule has 5 heterocycles. The zero-order chi connectivity index (χ0) is 24.5. The van der Waals surface area contributed by atoms with Crippen molar-refractivity contribution < 1.29 is 0 Å². The number of aryl methyl sites for hydroxylation is 1. The molecule has 3 aromatic heterocycles. The lowest BCUT2D eigenvalue weighted by molar-refractivity contribution is 0.148. The summed E-state index contributed by atoms with van der Waals surface area (Å²) in [5.41, 5.74) is 1.03. The molecule has 182 valence electrons. The summed E-state index contributed by atoms with van der Waals surface area (Å²) in [6.07, 6.45) is 5.10. The zero-order valence-corrected chi connectivity index (χ0v) is 20.1. The molecule has 11 heteroatoms. The van der Waals surface area contributed by atoms with Crippen molar-refractivity contribution in [1.29, 1.82) is 5.26 Å². The van der Waals surface area contributed by atoms with Gasteiger partial charge in [-0.2, -0.15) is 5.26 Å². The van der Waals surface area contributed by atoms with Gasteiger partial charge in [0.15, 0.2) is 5.65 Å². The van der Waals surface area contributed by atoms with E-state index in [2.05, 4.69) is 36.7 Å². The number of aromatic nitrogens is 5. The van der Waals surface area contributed by atoms with Gasteiger partial charge >= 0.3 is 11.1 Å². The van der Waals surface area contributed by atoms with Crippen molar-refractivity contribution in [2.75, 3.05) is 51.2 Å². The van der Waals surface area contributed by atoms with Gasteiger partial charge in [0, 0.05) is 76.9 Å². The van der Waals surface area contributed by atoms with E-state index in [9.17, 15) is 14.9 Å². The Hall–Kier alpha value is -3.62. The van der Waals surface area contributed by atoms with Gasteiger partial charge in [0.2, 0.25) is 5.95 Å². The highest BCUT2D eigenvalue weighted by atomic mass is 16.2. The predicted molar refractivity (Wildman–Crippen MR) is 131 cm³/mol. The number of piperazine rings is 1. The van der Waals surface area contributed by atoms with Crippen molar-refractivity contribution in [2.24, 2.45) is 7.05 Å². The van der Waals surface area contributed by atoms with Crippen LogP contribution in [0, 0.1) is 11.3 Å². The largest absolute Gasteiger partial charge is 0.341 e. The molecule has 0 bridgehead atoms. The van der Waals surface area contributed by atoms with Crippen LogP contribution in [0.15, 0.2) is 34.1 Å². The Bertz CT molecular complexity index is 1370. The fraction of sp³-hybridized carbons (Fsp3) is 0.500. The Labute approximate surface area is 202 Å². The molecule has 0 aromatic carbocycles. The molecule has 2 aliphatic heterocycles. The monoisotopic (exact) mass is 475 g/mol. The highest BCUT2D eigenvalue weighted by Crippen LogP contribution is 2.26. The molecule has 0 saturated carbocycles. The molecule has 5 rings (SSSR count). The average molecular weight is 476 g/mol. The fourth-order valence-corrected chi connectivity index (χ4v) is 4.91. The van der Waals surface area contributed by atoms with Crippen LogP contribution in [-0.2, 0) is 13.6 Å². The van der Waals surface area contributed by atoms with Gasteiger partial charge in [-0.1, -0.05) is 0 Å². The van der Waals surface area contributed by atoms with Crippen molar-refractivity contribution in [3.8, 4) is 6.07 Å². The van der Waals surface area contributed by atoms with Gasteiger partial charge in [-0.15, -0.1) is 0 Å². The highest BCUT2D eigenvalue weighted by Gasteiger charge is 2.26. The van der Waals surface area contributed by atoms with Crippen LogP contribution < -0.4 is 16.0 Å². The fourth-order valence-electron chi connectivity index (χ4n) is 4.91. The lowest BCUT2D eigenvalue weighted by atomic mass is 10.0. The van der Waals surface area contributed by atoms with E-state index in [1.807, 2.05) is 18.5 Å². The van der Waals surface area contributed by atoms with Gasteiger partial charge in [-0.05, 0) is 32.0 Å². The summed E-state index contributed by atoms with van der Waals surface area (Å²) in [4.78, 5) is 46.0. The number of nitriles is 1. The van der Waals surface area contributed by atoms with Crippen LogP contribution in [-0.4, -0.2) is 80.2 Å². The summed E-state index contributed by atoms with van der Waals surface area (Å²) in [7, 11) is 3.70. The van der Waals surface area contributed by atoms with Gasteiger partial charge in [0.05, 0.1) is 5.52 Å². The van der Waals surface area contributed by atoms with E-state index in [1.165, 1.54) is 9.13 Å². The predicted octanol–water partition coefficient (Wildman–Crippen LogP) is 0.346. The van der Waals surface area contributed by atoms with Gasteiger partial charge in [0.25, 0.3) is 0 Å². The van der Waals surface area contributed by atoms with Gasteiger partial charge < -0.3 is 14.4 Å². The van der Waals surface area contributed by atoms with Crippen molar-refractivity contribution >= 4 is 17.1 Å². The topological polar surface area (TPSA) is 116 Å². The minimum Gasteiger partial charge on any atom is -0.341 e. The second-order valence-corrected chi connectivity index (χ2v) is 9.38. The molecule has 2 fully saturated rings. The molecule has 0 N–H and O–H groups in total. The summed E-state index contributed by atoms with van der Waals surface area (Å²) in [6, 6.07) is 5.06. The first kappa shape index (κ1) is 23.1. The number of likely N-dealkylation sites (N-methyl/N-ethyl adjacent to an activating group) is 1. The van der Waals surface area contributed by atoms with Crippen molar-refractivity contribution in [1.82, 2.24) is 33.9 Å². The number of fused-ring (bicyclic) bond motifs is 1. The third-order valence-electron chi connectivity index (χ3n) is 7.07. The minimum atomic E-state index is -0.606. The zero-order valence-electron chi connectivity index (χ0n) is 20.1. The molecule has 0 aliphatic carbocycles. The van der Waals surface area contributed by atoms with Crippen LogP contribution in [0.2, 0.25) is 0 Å². The molecular weight excluding hydrogens is 446 g/mol. The SMILES string of the molecule is CN1CCN(Cc2cnc(N3CCC(n4c(=O)c(=O)n(C)c5ccc(C#N)nc54)CC3)nc2)CC1. The molecule has 0 radical (unpaired) electrons. The molecule has 0 atom stereocenters. The van der Waals surface area contributed by atoms with E-state index < -0.39 is 11.1 Å². The molecule has 3 aromatic rings. The number of pyridine rings is 1. The summed E-state index contributed by atoms with van der Waals surface area (Å²) in [5.74, 6) is 0.677. The van der Waals surface area contributed by atoms with Gasteiger partial charge in [-0.3, -0.25) is 19.1 Å². The highest BCUT2D eigenvalue weighted by molar-refractivity contribution is 5.71. The third kappa shape index (κ3) is 4.54. The average Bonchev–Trinajstić information content (AvgIpc) is 2.89. The van der Waals surface area contributed by atoms with E-state index in [1.54, 1.807) is 19.2 Å². The lowest BCUT2D eigenvalue weighted by Crippen LogP contribution is -2.45. The Morgan fingerprint density at radius 3 is 2.31 bits per heavy atom. The molecule has 11 nitrogen and oxygen atoms in total. The molecule has 35 heavy (non-hydrogen) atoms. The first-order valence-corrected chi connectivity index (χ1v) is 11.9. The van der Waals surface area contributed by atoms with Crippen LogP contribution in [0.3, 0.4) is 0 Å². The third-order valence-corrected chi connectivity index (χ3v) is 7.07. The summed E-state index contributed by atoms with van der Waals surface area (Å²) in [5, 5.41) is 9.28. The molecule has 0 spiro atoms. The van der Waals surface area contributed by atoms with E-state index in [4.69, 9.17) is 0 Å². The maximum atomic E-state index is 12.9. The quantitative estimate of drug-likeness (QED) is 0.493. The number of piperidine rings is 1. The smallest absolute Gasteiger partial charge is 0.318 e. The first-order chi connectivity index (χ1) is 16.9. The van der Waals surface area contributed by atoms with Crippen molar-refractivity contribution in [2.45, 2.75) is 25.4 Å². The van der Waals surface area contributed by atoms with E-state index in [-0.39, 0.29) is 11.7 Å². The van der Waals surface area contributed by atoms with Crippen LogP contribution in [0.5, 0.6) is 0 Å². The Morgan fingerprint density at radius 2 is 1.66 bits per heavy atom. The summed E-state index contributed by atoms with van der Waals surface area (Å²) < 4.78 is 2.78. The number of anilines is 1. The second-order valence-electron chi connectivity index (χ2n) is 9.38. The number of hydrogen-bond donors (Lipinski definition) is 0. The first-order valence-electron chi connectivity index (χ1n) is 11.9. The van der Waals surface area contributed by atoms with Crippen LogP contribution >= 0.6 is 0 Å². The number of rotatable bonds is 4. The lowest BCUT2D eigenvalue weighted by Gasteiger charge is -2.33. The van der Waals surface area contributed by atoms with E-state index in [0.717, 1.165) is 38.3 Å². The Kier molecular flexibility index (Phi) is 6.32. The normalized spacial score (nSPS) is 18.1. The number of nitrogens with zero attached hydrogens (tertiary/aromatic N) is 9. The Morgan fingerprint density at radius 1 is 0.971 bits per heavy atom. The van der Waals surface area contributed by atoms with Crippen molar-refractivity contribution in [3.05, 3.63) is 56.5 Å². The molecule has 0 amide bonds. The number of hydrogen-bond acceptors (Lipinski definition) is 9. The van der Waals surface area contributed by atoms with E-state index in [0.29, 0.717) is 43.0 Å². The minimum absolute atomic E-state index is 0.187. The second kappa shape index (κ2) is 9.56. The molecule has 0 unspecified atom stereocenters. The van der Waals surface area contributed by atoms with Crippen LogP contribution in [0.4, 0.5) is 5.95 Å². The molecular formula is C24H29N9O2. The van der Waals surface area contributed by atoms with Gasteiger partial charge in [0.1, 0.15) is 11.8 Å². The van der Waals surface area contributed by atoms with Gasteiger partial charge in [-0.25, -0.2) is 15.0 Å². The maximum absolute atomic E-state index is 12.9. The molecule has 2 aliphatic rings. The summed E-state index contributed by atoms with van der Waals surface area (Å²) >= 11 is 0. The van der Waals surface area contributed by atoms with Crippen LogP contribution in [0.25, 0.3) is 11.2 Å². The molecule has 2 saturated heterocycles. The van der Waals surface area contributed by atoms with E-state index >= 15 is 0 Å². The van der Waals surface area contributed by atoms with Crippen molar-refractivity contribution in [3.63, 3.8) is 0 Å². The Balaban J connectivity index is 1.31. The summed E-state index contributed by atoms with van der Waals surface area (Å²) in [6.45, 7) is 6.42. The van der Waals surface area contributed by atoms with Crippen LogP contribution in [0.1, 0.15) is 30.1 Å². The standard InChI is InChI=1S/C24H29N9O2/c1-29-9-11-31(12-10-29)16-17-14-26-24(27-15-17)32-7-5-19(6-8-32)33-21-20(4-3-18(13-25)28-21)30(2)22(34)23(33)35/h3-4,14-15,19H,5-12,16H2,1-2H3. The maximum Gasteiger partial charge on any atom is 0.318 e.